The Bertz CT molecular complexity index is 635. The summed E-state index contributed by atoms with van der Waals surface area (Å²) in [5.74, 6) is 1.38. The molecule has 0 aliphatic rings. The zero-order valence-corrected chi connectivity index (χ0v) is 9.13. The van der Waals surface area contributed by atoms with Gasteiger partial charge in [-0.25, -0.2) is 4.98 Å². The van der Waals surface area contributed by atoms with E-state index in [-0.39, 0.29) is 0 Å². The Morgan fingerprint density at radius 3 is 2.65 bits per heavy atom. The van der Waals surface area contributed by atoms with Crippen molar-refractivity contribution in [1.82, 2.24) is 4.98 Å². The predicted molar refractivity (Wildman–Crippen MR) is 67.1 cm³/mol. The van der Waals surface area contributed by atoms with Crippen molar-refractivity contribution < 1.29 is 4.74 Å². The van der Waals surface area contributed by atoms with Gasteiger partial charge in [0.15, 0.2) is 0 Å². The van der Waals surface area contributed by atoms with Crippen LogP contribution in [0.25, 0.3) is 10.8 Å². The minimum absolute atomic E-state index is 0.582. The van der Waals surface area contributed by atoms with Crippen LogP contribution in [0.5, 0.6) is 11.6 Å². The molecule has 1 heterocycles. The van der Waals surface area contributed by atoms with Gasteiger partial charge in [0.2, 0.25) is 5.88 Å². The van der Waals surface area contributed by atoms with Crippen LogP contribution < -0.4 is 4.74 Å². The maximum absolute atomic E-state index is 5.66. The van der Waals surface area contributed by atoms with Crippen molar-refractivity contribution in [2.75, 3.05) is 0 Å². The van der Waals surface area contributed by atoms with Gasteiger partial charge in [0.25, 0.3) is 0 Å². The molecule has 3 rings (SSSR count). The Morgan fingerprint density at radius 2 is 1.82 bits per heavy atom. The third kappa shape index (κ3) is 2.11. The Hall–Kier alpha value is -2.35. The summed E-state index contributed by atoms with van der Waals surface area (Å²) in [6.07, 6.45) is 1.59. The highest BCUT2D eigenvalue weighted by molar-refractivity contribution is 5.83. The molecular formula is C15H10NO. The van der Waals surface area contributed by atoms with Gasteiger partial charge in [0, 0.05) is 18.3 Å². The molecule has 0 aliphatic heterocycles. The number of nitrogens with zero attached hydrogens (tertiary/aromatic N) is 1. The average Bonchev–Trinajstić information content (AvgIpc) is 2.40. The fraction of sp³-hybridized carbons (Fsp3) is 0. The molecular weight excluding hydrogens is 210 g/mol. The van der Waals surface area contributed by atoms with Crippen LogP contribution in [0.15, 0.2) is 60.8 Å². The summed E-state index contributed by atoms with van der Waals surface area (Å²) in [6.45, 7) is 0. The molecule has 1 radical (unpaired) electrons. The van der Waals surface area contributed by atoms with Gasteiger partial charge in [0.1, 0.15) is 5.75 Å². The largest absolute Gasteiger partial charge is 0.439 e. The second-order valence-corrected chi connectivity index (χ2v) is 3.71. The molecule has 2 nitrogen and oxygen atoms in total. The number of rotatable bonds is 2. The summed E-state index contributed by atoms with van der Waals surface area (Å²) in [4.78, 5) is 4.08. The molecule has 0 N–H and O–H groups in total. The van der Waals surface area contributed by atoms with Gasteiger partial charge in [-0.3, -0.25) is 0 Å². The summed E-state index contributed by atoms with van der Waals surface area (Å²) < 4.78 is 5.66. The van der Waals surface area contributed by atoms with E-state index in [0.29, 0.717) is 5.88 Å². The van der Waals surface area contributed by atoms with E-state index in [1.54, 1.807) is 18.3 Å². The van der Waals surface area contributed by atoms with Crippen LogP contribution in [-0.2, 0) is 0 Å². The van der Waals surface area contributed by atoms with E-state index in [9.17, 15) is 0 Å². The number of fused-ring (bicyclic) bond motifs is 1. The Morgan fingerprint density at radius 1 is 0.941 bits per heavy atom. The van der Waals surface area contributed by atoms with Crippen LogP contribution in [0.1, 0.15) is 0 Å². The van der Waals surface area contributed by atoms with Crippen molar-refractivity contribution in [1.29, 1.82) is 0 Å². The number of hydrogen-bond donors (Lipinski definition) is 0. The monoisotopic (exact) mass is 220 g/mol. The van der Waals surface area contributed by atoms with Crippen LogP contribution in [0.3, 0.4) is 0 Å². The SMILES string of the molecule is [c]1ccc(Oc2ccc3ccccc3c2)nc1. The fourth-order valence-corrected chi connectivity index (χ4v) is 1.72. The van der Waals surface area contributed by atoms with E-state index < -0.39 is 0 Å². The lowest BCUT2D eigenvalue weighted by molar-refractivity contribution is 0.463. The zero-order valence-electron chi connectivity index (χ0n) is 9.13. The molecule has 17 heavy (non-hydrogen) atoms. The third-order valence-electron chi connectivity index (χ3n) is 2.53. The molecule has 0 aliphatic carbocycles. The number of benzene rings is 2. The van der Waals surface area contributed by atoms with E-state index >= 15 is 0 Å². The van der Waals surface area contributed by atoms with Gasteiger partial charge in [-0.15, -0.1) is 0 Å². The maximum Gasteiger partial charge on any atom is 0.219 e. The highest BCUT2D eigenvalue weighted by atomic mass is 16.5. The van der Waals surface area contributed by atoms with Crippen molar-refractivity contribution in [2.24, 2.45) is 0 Å². The lowest BCUT2D eigenvalue weighted by Gasteiger charge is -2.05. The molecule has 0 unspecified atom stereocenters. The third-order valence-corrected chi connectivity index (χ3v) is 2.53. The topological polar surface area (TPSA) is 22.1 Å². The van der Waals surface area contributed by atoms with Crippen molar-refractivity contribution in [2.45, 2.75) is 0 Å². The summed E-state index contributed by atoms with van der Waals surface area (Å²) in [6, 6.07) is 20.6. The second kappa shape index (κ2) is 4.26. The predicted octanol–water partition coefficient (Wildman–Crippen LogP) is 3.83. The molecule has 0 saturated carbocycles. The first kappa shape index (κ1) is 9.85. The van der Waals surface area contributed by atoms with Crippen molar-refractivity contribution in [3.63, 3.8) is 0 Å². The maximum atomic E-state index is 5.66. The first-order valence-electron chi connectivity index (χ1n) is 5.40. The van der Waals surface area contributed by atoms with Gasteiger partial charge in [-0.2, -0.15) is 0 Å². The van der Waals surface area contributed by atoms with Gasteiger partial charge >= 0.3 is 0 Å². The van der Waals surface area contributed by atoms with E-state index in [2.05, 4.69) is 23.2 Å². The Kier molecular flexibility index (Phi) is 2.47. The van der Waals surface area contributed by atoms with Crippen molar-refractivity contribution in [3.05, 3.63) is 66.9 Å². The molecule has 81 valence electrons. The number of aromatic nitrogens is 1. The Labute approximate surface area is 99.5 Å². The highest BCUT2D eigenvalue weighted by Crippen LogP contribution is 2.24. The van der Waals surface area contributed by atoms with Gasteiger partial charge in [-0.1, -0.05) is 30.3 Å². The van der Waals surface area contributed by atoms with Gasteiger partial charge in [-0.05, 0) is 29.0 Å². The minimum atomic E-state index is 0.582. The smallest absolute Gasteiger partial charge is 0.219 e. The molecule has 0 amide bonds. The second-order valence-electron chi connectivity index (χ2n) is 3.71. The quantitative estimate of drug-likeness (QED) is 0.654. The first-order chi connectivity index (χ1) is 8.42. The summed E-state index contributed by atoms with van der Waals surface area (Å²) in [7, 11) is 0. The lowest BCUT2D eigenvalue weighted by Crippen LogP contribution is -1.86. The lowest BCUT2D eigenvalue weighted by atomic mass is 10.1. The van der Waals surface area contributed by atoms with E-state index in [0.717, 1.165) is 11.1 Å². The molecule has 1 aromatic heterocycles. The zero-order chi connectivity index (χ0) is 11.5. The van der Waals surface area contributed by atoms with Crippen LogP contribution in [0.4, 0.5) is 0 Å². The molecule has 0 bridgehead atoms. The normalized spacial score (nSPS) is 10.4. The number of hydrogen-bond acceptors (Lipinski definition) is 2. The van der Waals surface area contributed by atoms with Gasteiger partial charge in [0.05, 0.1) is 0 Å². The molecule has 0 fully saturated rings. The number of ether oxygens (including phenoxy) is 1. The molecule has 0 saturated heterocycles. The molecule has 2 aromatic carbocycles. The van der Waals surface area contributed by atoms with E-state index in [1.807, 2.05) is 30.3 Å². The summed E-state index contributed by atoms with van der Waals surface area (Å²) in [5, 5.41) is 2.36. The molecule has 0 spiro atoms. The molecule has 2 heteroatoms. The summed E-state index contributed by atoms with van der Waals surface area (Å²) in [5.41, 5.74) is 0. The van der Waals surface area contributed by atoms with Gasteiger partial charge < -0.3 is 4.74 Å². The van der Waals surface area contributed by atoms with Crippen molar-refractivity contribution >= 4 is 10.8 Å². The fourth-order valence-electron chi connectivity index (χ4n) is 1.72. The van der Waals surface area contributed by atoms with Crippen LogP contribution >= 0.6 is 0 Å². The highest BCUT2D eigenvalue weighted by Gasteiger charge is 1.99. The summed E-state index contributed by atoms with van der Waals surface area (Å²) >= 11 is 0. The minimum Gasteiger partial charge on any atom is -0.439 e. The van der Waals surface area contributed by atoms with Crippen molar-refractivity contribution in [3.8, 4) is 11.6 Å². The number of pyridine rings is 1. The van der Waals surface area contributed by atoms with E-state index in [4.69, 9.17) is 4.74 Å². The molecule has 3 aromatic rings. The first-order valence-corrected chi connectivity index (χ1v) is 5.40. The van der Waals surface area contributed by atoms with Crippen LogP contribution in [-0.4, -0.2) is 4.98 Å². The van der Waals surface area contributed by atoms with Crippen LogP contribution in [0.2, 0.25) is 0 Å². The standard InChI is InChI=1S/C15H10NO/c1-2-6-13-11-14(9-8-12(13)5-1)17-15-7-3-4-10-16-15/h1-3,5-11H. The average molecular weight is 220 g/mol. The molecule has 0 atom stereocenters. The van der Waals surface area contributed by atoms with E-state index in [1.165, 1.54) is 5.39 Å². The Balaban J connectivity index is 1.96. The van der Waals surface area contributed by atoms with Crippen LogP contribution in [0, 0.1) is 6.07 Å².